The van der Waals surface area contributed by atoms with Crippen LogP contribution in [0.5, 0.6) is 0 Å². The Balaban J connectivity index is 0.000000302. The Morgan fingerprint density at radius 3 is 1.08 bits per heavy atom. The first kappa shape index (κ1) is 33.2. The third-order valence-electron chi connectivity index (χ3n) is 4.55. The Kier molecular flexibility index (Phi) is 10.5. The fraction of sp³-hybridized carbons (Fsp3) is 0.261. The van der Waals surface area contributed by atoms with Crippen molar-refractivity contribution in [1.82, 2.24) is 4.98 Å². The summed E-state index contributed by atoms with van der Waals surface area (Å²) in [5.74, 6) is 0. The normalized spacial score (nSPS) is 12.1. The maximum absolute atomic E-state index is 12.1. The SMILES string of the molecule is CN(C)c1ccncc1.Nc1cc(C(F)(F)F)ccc1C(F)(F)F.Nc1cc(C(F)(F)F)ccc1C(F)(F)F. The van der Waals surface area contributed by atoms with Gasteiger partial charge in [-0.05, 0) is 48.5 Å². The zero-order valence-corrected chi connectivity index (χ0v) is 19.9. The molecule has 0 bridgehead atoms. The molecule has 3 rings (SSSR count). The molecule has 0 fully saturated rings. The molecule has 3 aromatic rings. The molecule has 216 valence electrons. The van der Waals surface area contributed by atoms with Crippen LogP contribution in [0.2, 0.25) is 0 Å². The van der Waals surface area contributed by atoms with Crippen molar-refractivity contribution in [1.29, 1.82) is 0 Å². The van der Waals surface area contributed by atoms with Gasteiger partial charge in [0.1, 0.15) is 0 Å². The quantitative estimate of drug-likeness (QED) is 0.228. The Morgan fingerprint density at radius 1 is 0.538 bits per heavy atom. The first-order valence-electron chi connectivity index (χ1n) is 10.2. The second-order valence-electron chi connectivity index (χ2n) is 7.69. The molecular formula is C23H20F12N4. The summed E-state index contributed by atoms with van der Waals surface area (Å²) < 4.78 is 145. The number of nitrogens with zero attached hydrogens (tertiary/aromatic N) is 2. The molecule has 1 heterocycles. The number of pyridine rings is 1. The highest BCUT2D eigenvalue weighted by molar-refractivity contribution is 5.52. The highest BCUT2D eigenvalue weighted by Crippen LogP contribution is 2.38. The van der Waals surface area contributed by atoms with Crippen LogP contribution in [0.1, 0.15) is 22.3 Å². The summed E-state index contributed by atoms with van der Waals surface area (Å²) in [7, 11) is 4.02. The van der Waals surface area contributed by atoms with E-state index >= 15 is 0 Å². The number of nitrogens with two attached hydrogens (primary N) is 2. The molecule has 39 heavy (non-hydrogen) atoms. The van der Waals surface area contributed by atoms with Crippen LogP contribution < -0.4 is 16.4 Å². The lowest BCUT2D eigenvalue weighted by atomic mass is 10.1. The van der Waals surface area contributed by atoms with E-state index in [1.165, 1.54) is 5.69 Å². The minimum Gasteiger partial charge on any atom is -0.398 e. The summed E-state index contributed by atoms with van der Waals surface area (Å²) >= 11 is 0. The van der Waals surface area contributed by atoms with Crippen LogP contribution in [0, 0.1) is 0 Å². The lowest BCUT2D eigenvalue weighted by Gasteiger charge is -2.12. The molecule has 4 N–H and O–H groups in total. The minimum atomic E-state index is -4.74. The van der Waals surface area contributed by atoms with Gasteiger partial charge in [0, 0.05) is 43.6 Å². The molecule has 4 nitrogen and oxygen atoms in total. The zero-order chi connectivity index (χ0) is 30.4. The Morgan fingerprint density at radius 2 is 0.872 bits per heavy atom. The number of aromatic nitrogens is 1. The van der Waals surface area contributed by atoms with Crippen molar-refractivity contribution >= 4 is 17.1 Å². The maximum Gasteiger partial charge on any atom is 0.418 e. The molecule has 0 aliphatic carbocycles. The molecule has 1 aromatic heterocycles. The van der Waals surface area contributed by atoms with Gasteiger partial charge < -0.3 is 16.4 Å². The molecule has 0 spiro atoms. The molecular weight excluding hydrogens is 560 g/mol. The van der Waals surface area contributed by atoms with E-state index in [4.69, 9.17) is 11.5 Å². The van der Waals surface area contributed by atoms with E-state index in [1.807, 2.05) is 31.1 Å². The smallest absolute Gasteiger partial charge is 0.398 e. The summed E-state index contributed by atoms with van der Waals surface area (Å²) in [5.41, 5.74) is 4.15. The number of benzene rings is 2. The van der Waals surface area contributed by atoms with Crippen molar-refractivity contribution in [2.24, 2.45) is 0 Å². The predicted octanol–water partition coefficient (Wildman–Crippen LogP) is 7.76. The van der Waals surface area contributed by atoms with Gasteiger partial charge in [-0.3, -0.25) is 4.98 Å². The Bertz CT molecular complexity index is 1130. The zero-order valence-electron chi connectivity index (χ0n) is 19.9. The van der Waals surface area contributed by atoms with Crippen molar-refractivity contribution in [3.8, 4) is 0 Å². The second kappa shape index (κ2) is 12.3. The van der Waals surface area contributed by atoms with E-state index in [2.05, 4.69) is 4.98 Å². The van der Waals surface area contributed by atoms with Crippen molar-refractivity contribution in [2.75, 3.05) is 30.5 Å². The monoisotopic (exact) mass is 580 g/mol. The van der Waals surface area contributed by atoms with E-state index in [0.717, 1.165) is 0 Å². The molecule has 0 radical (unpaired) electrons. The Labute approximate surface area is 213 Å². The maximum atomic E-state index is 12.1. The van der Waals surface area contributed by atoms with Gasteiger partial charge in [-0.15, -0.1) is 0 Å². The fourth-order valence-electron chi connectivity index (χ4n) is 2.64. The summed E-state index contributed by atoms with van der Waals surface area (Å²) in [6.07, 6.45) is -15.3. The van der Waals surface area contributed by atoms with Crippen molar-refractivity contribution < 1.29 is 52.7 Å². The second-order valence-corrected chi connectivity index (χ2v) is 7.69. The number of nitrogen functional groups attached to an aromatic ring is 2. The van der Waals surface area contributed by atoms with Gasteiger partial charge in [0.05, 0.1) is 22.3 Å². The van der Waals surface area contributed by atoms with Crippen LogP contribution in [0.4, 0.5) is 69.7 Å². The minimum absolute atomic E-state index is 0.267. The van der Waals surface area contributed by atoms with Crippen LogP contribution >= 0.6 is 0 Å². The van der Waals surface area contributed by atoms with E-state index in [0.29, 0.717) is 24.3 Å². The first-order valence-corrected chi connectivity index (χ1v) is 10.2. The summed E-state index contributed by atoms with van der Waals surface area (Å²) in [6.45, 7) is 0. The van der Waals surface area contributed by atoms with Crippen LogP contribution in [-0.2, 0) is 24.7 Å². The van der Waals surface area contributed by atoms with Gasteiger partial charge >= 0.3 is 24.7 Å². The van der Waals surface area contributed by atoms with Gasteiger partial charge in [-0.1, -0.05) is 0 Å². The third-order valence-corrected chi connectivity index (χ3v) is 4.55. The molecule has 2 aromatic carbocycles. The highest BCUT2D eigenvalue weighted by atomic mass is 19.4. The van der Waals surface area contributed by atoms with Gasteiger partial charge in [0.25, 0.3) is 0 Å². The average molecular weight is 580 g/mol. The molecule has 0 atom stereocenters. The first-order chi connectivity index (χ1) is 17.5. The molecule has 0 saturated carbocycles. The topological polar surface area (TPSA) is 68.2 Å². The van der Waals surface area contributed by atoms with Gasteiger partial charge in [-0.25, -0.2) is 0 Å². The van der Waals surface area contributed by atoms with Crippen molar-refractivity contribution in [3.05, 3.63) is 83.2 Å². The number of hydrogen-bond donors (Lipinski definition) is 2. The summed E-state index contributed by atoms with van der Waals surface area (Å²) in [6, 6.07) is 5.81. The number of hydrogen-bond acceptors (Lipinski definition) is 4. The molecule has 0 saturated heterocycles. The van der Waals surface area contributed by atoms with Gasteiger partial charge in [-0.2, -0.15) is 52.7 Å². The third kappa shape index (κ3) is 10.4. The number of alkyl halides is 12. The van der Waals surface area contributed by atoms with Crippen molar-refractivity contribution in [2.45, 2.75) is 24.7 Å². The molecule has 0 amide bonds. The van der Waals surface area contributed by atoms with E-state index in [-0.39, 0.29) is 12.1 Å². The van der Waals surface area contributed by atoms with E-state index in [1.54, 1.807) is 12.4 Å². The van der Waals surface area contributed by atoms with Crippen LogP contribution in [0.3, 0.4) is 0 Å². The Hall–Kier alpha value is -3.85. The van der Waals surface area contributed by atoms with Gasteiger partial charge in [0.15, 0.2) is 0 Å². The number of anilines is 3. The molecule has 0 aliphatic rings. The van der Waals surface area contributed by atoms with Crippen LogP contribution in [0.15, 0.2) is 60.9 Å². The highest BCUT2D eigenvalue weighted by Gasteiger charge is 2.37. The standard InChI is InChI=1S/2C8H5F6N.C7H10N2/c2*9-7(10,11)4-1-2-5(6(15)3-4)8(12,13)14;1-9(2)7-3-5-8-6-4-7/h2*1-3H,15H2;3-6H,1-2H3. The summed E-state index contributed by atoms with van der Waals surface area (Å²) in [5, 5.41) is 0. The number of rotatable bonds is 1. The fourth-order valence-corrected chi connectivity index (χ4v) is 2.64. The lowest BCUT2D eigenvalue weighted by molar-refractivity contribution is -0.140. The van der Waals surface area contributed by atoms with Crippen molar-refractivity contribution in [3.63, 3.8) is 0 Å². The molecule has 0 aliphatic heterocycles. The van der Waals surface area contributed by atoms with E-state index in [9.17, 15) is 52.7 Å². The lowest BCUT2D eigenvalue weighted by Crippen LogP contribution is -2.12. The number of halogens is 12. The van der Waals surface area contributed by atoms with Crippen LogP contribution in [0.25, 0.3) is 0 Å². The largest absolute Gasteiger partial charge is 0.418 e. The molecule has 0 unspecified atom stereocenters. The van der Waals surface area contributed by atoms with Gasteiger partial charge in [0.2, 0.25) is 0 Å². The predicted molar refractivity (Wildman–Crippen MR) is 120 cm³/mol. The van der Waals surface area contributed by atoms with E-state index < -0.39 is 58.3 Å². The summed E-state index contributed by atoms with van der Waals surface area (Å²) in [4.78, 5) is 5.94. The van der Waals surface area contributed by atoms with Crippen LogP contribution in [-0.4, -0.2) is 19.1 Å². The molecule has 16 heteroatoms. The average Bonchev–Trinajstić information content (AvgIpc) is 2.77.